The van der Waals surface area contributed by atoms with Gasteiger partial charge in [0, 0.05) is 24.1 Å². The summed E-state index contributed by atoms with van der Waals surface area (Å²) >= 11 is 11.9. The van der Waals surface area contributed by atoms with Crippen LogP contribution >= 0.6 is 23.2 Å². The largest absolute Gasteiger partial charge is 0.396 e. The second kappa shape index (κ2) is 7.35. The van der Waals surface area contributed by atoms with Crippen molar-refractivity contribution in [1.82, 2.24) is 4.90 Å². The summed E-state index contributed by atoms with van der Waals surface area (Å²) in [5, 5.41) is 3.20. The van der Waals surface area contributed by atoms with Gasteiger partial charge in [0.05, 0.1) is 22.3 Å². The van der Waals surface area contributed by atoms with Gasteiger partial charge in [0.1, 0.15) is 0 Å². The average Bonchev–Trinajstić information content (AvgIpc) is 2.92. The van der Waals surface area contributed by atoms with Crippen molar-refractivity contribution in [1.29, 1.82) is 0 Å². The minimum absolute atomic E-state index is 0.172. The summed E-state index contributed by atoms with van der Waals surface area (Å²) in [7, 11) is 0. The van der Waals surface area contributed by atoms with E-state index >= 15 is 0 Å². The average molecular weight is 392 g/mol. The number of nitrogen functional groups attached to an aromatic ring is 1. The molecule has 8 heteroatoms. The molecule has 1 saturated heterocycles. The number of nitrogens with one attached hydrogen (secondary N) is 1. The molecule has 0 radical (unpaired) electrons. The molecular formula is C18H15Cl2N3O3. The van der Waals surface area contributed by atoms with Crippen LogP contribution in [0.15, 0.2) is 36.4 Å². The molecule has 0 aromatic heterocycles. The van der Waals surface area contributed by atoms with Crippen LogP contribution in [0.1, 0.15) is 28.8 Å². The number of nitrogens with zero attached hydrogens (tertiary/aromatic N) is 1. The van der Waals surface area contributed by atoms with E-state index in [1.807, 2.05) is 0 Å². The first-order valence-corrected chi connectivity index (χ1v) is 8.59. The molecule has 3 N–H and O–H groups in total. The highest BCUT2D eigenvalue weighted by Crippen LogP contribution is 2.31. The van der Waals surface area contributed by atoms with E-state index in [0.717, 1.165) is 5.56 Å². The molecule has 0 atom stereocenters. The van der Waals surface area contributed by atoms with Crippen molar-refractivity contribution >= 4 is 52.3 Å². The summed E-state index contributed by atoms with van der Waals surface area (Å²) in [5.74, 6) is -0.690. The zero-order valence-corrected chi connectivity index (χ0v) is 15.1. The van der Waals surface area contributed by atoms with Crippen molar-refractivity contribution in [3.63, 3.8) is 0 Å². The van der Waals surface area contributed by atoms with E-state index in [9.17, 15) is 14.4 Å². The van der Waals surface area contributed by atoms with Gasteiger partial charge in [0.25, 0.3) is 5.91 Å². The van der Waals surface area contributed by atoms with Crippen molar-refractivity contribution in [3.05, 3.63) is 57.6 Å². The summed E-state index contributed by atoms with van der Waals surface area (Å²) in [4.78, 5) is 36.9. The van der Waals surface area contributed by atoms with Gasteiger partial charge in [-0.3, -0.25) is 19.3 Å². The minimum Gasteiger partial charge on any atom is -0.396 e. The second-order valence-electron chi connectivity index (χ2n) is 5.88. The van der Waals surface area contributed by atoms with Gasteiger partial charge in [-0.2, -0.15) is 0 Å². The van der Waals surface area contributed by atoms with Crippen LogP contribution < -0.4 is 11.1 Å². The molecule has 0 bridgehead atoms. The summed E-state index contributed by atoms with van der Waals surface area (Å²) in [6, 6.07) is 9.68. The van der Waals surface area contributed by atoms with Crippen molar-refractivity contribution in [3.8, 4) is 0 Å². The monoisotopic (exact) mass is 391 g/mol. The molecule has 0 aliphatic carbocycles. The Morgan fingerprint density at radius 3 is 2.12 bits per heavy atom. The Morgan fingerprint density at radius 2 is 1.58 bits per heavy atom. The summed E-state index contributed by atoms with van der Waals surface area (Å²) < 4.78 is 0. The topological polar surface area (TPSA) is 92.5 Å². The predicted octanol–water partition coefficient (Wildman–Crippen LogP) is 3.48. The quantitative estimate of drug-likeness (QED) is 0.616. The highest BCUT2D eigenvalue weighted by molar-refractivity contribution is 6.39. The van der Waals surface area contributed by atoms with E-state index in [1.54, 1.807) is 24.3 Å². The maximum absolute atomic E-state index is 12.3. The molecule has 0 spiro atoms. The molecule has 0 unspecified atom stereocenters. The molecule has 3 rings (SSSR count). The van der Waals surface area contributed by atoms with Gasteiger partial charge in [-0.15, -0.1) is 0 Å². The smallest absolute Gasteiger partial charge is 0.255 e. The Bertz CT molecular complexity index is 858. The van der Waals surface area contributed by atoms with Crippen LogP contribution in [0, 0.1) is 0 Å². The van der Waals surface area contributed by atoms with Crippen molar-refractivity contribution < 1.29 is 14.4 Å². The van der Waals surface area contributed by atoms with Crippen molar-refractivity contribution in [2.45, 2.75) is 19.4 Å². The van der Waals surface area contributed by atoms with E-state index in [-0.39, 0.29) is 52.8 Å². The highest BCUT2D eigenvalue weighted by atomic mass is 35.5. The number of nitrogens with two attached hydrogens (primary N) is 1. The molecular weight excluding hydrogens is 377 g/mol. The second-order valence-corrected chi connectivity index (χ2v) is 6.69. The van der Waals surface area contributed by atoms with Gasteiger partial charge in [0.2, 0.25) is 11.8 Å². The van der Waals surface area contributed by atoms with Gasteiger partial charge in [-0.1, -0.05) is 35.3 Å². The molecule has 1 heterocycles. The van der Waals surface area contributed by atoms with E-state index in [0.29, 0.717) is 11.3 Å². The van der Waals surface area contributed by atoms with Crippen LogP contribution in [-0.4, -0.2) is 22.6 Å². The molecule has 6 nitrogen and oxygen atoms in total. The number of carbonyl (C=O) groups is 3. The van der Waals surface area contributed by atoms with E-state index in [2.05, 4.69) is 5.32 Å². The zero-order chi connectivity index (χ0) is 18.8. The Morgan fingerprint density at radius 1 is 1.04 bits per heavy atom. The van der Waals surface area contributed by atoms with Gasteiger partial charge in [-0.05, 0) is 29.8 Å². The third-order valence-corrected chi connectivity index (χ3v) is 4.67. The van der Waals surface area contributed by atoms with Gasteiger partial charge in [0.15, 0.2) is 0 Å². The van der Waals surface area contributed by atoms with Crippen LogP contribution in [0.3, 0.4) is 0 Å². The fourth-order valence-corrected chi connectivity index (χ4v) is 3.09. The molecule has 134 valence electrons. The Balaban J connectivity index is 1.69. The SMILES string of the molecule is Nc1c(Cl)cc(NC(=O)c2ccc(CN3C(=O)CCC3=O)cc2)cc1Cl. The summed E-state index contributed by atoms with van der Waals surface area (Å²) in [6.45, 7) is 0.211. The first-order chi connectivity index (χ1) is 12.3. The first kappa shape index (κ1) is 18.2. The number of likely N-dealkylation sites (tertiary alicyclic amines) is 1. The lowest BCUT2D eigenvalue weighted by molar-refractivity contribution is -0.139. The Hall–Kier alpha value is -2.57. The van der Waals surface area contributed by atoms with Crippen molar-refractivity contribution in [2.75, 3.05) is 11.1 Å². The van der Waals surface area contributed by atoms with Crippen LogP contribution in [0.5, 0.6) is 0 Å². The number of carbonyl (C=O) groups excluding carboxylic acids is 3. The number of hydrogen-bond acceptors (Lipinski definition) is 4. The zero-order valence-electron chi connectivity index (χ0n) is 13.6. The van der Waals surface area contributed by atoms with Gasteiger partial charge < -0.3 is 11.1 Å². The molecule has 2 aromatic rings. The van der Waals surface area contributed by atoms with E-state index in [1.165, 1.54) is 17.0 Å². The number of anilines is 2. The standard InChI is InChI=1S/C18H15Cl2N3O3/c19-13-7-12(8-14(20)17(13)21)22-18(26)11-3-1-10(2-4-11)9-23-15(24)5-6-16(23)25/h1-4,7-8H,5-6,9,21H2,(H,22,26). The number of halogens is 2. The van der Waals surface area contributed by atoms with Crippen LogP contribution in [0.4, 0.5) is 11.4 Å². The molecule has 1 fully saturated rings. The lowest BCUT2D eigenvalue weighted by Crippen LogP contribution is -2.28. The maximum Gasteiger partial charge on any atom is 0.255 e. The van der Waals surface area contributed by atoms with E-state index in [4.69, 9.17) is 28.9 Å². The Labute approximate surface area is 159 Å². The number of imide groups is 1. The highest BCUT2D eigenvalue weighted by Gasteiger charge is 2.28. The number of amides is 3. The molecule has 0 saturated carbocycles. The summed E-state index contributed by atoms with van der Waals surface area (Å²) in [6.07, 6.45) is 0.512. The van der Waals surface area contributed by atoms with Gasteiger partial charge >= 0.3 is 0 Å². The Kier molecular flexibility index (Phi) is 5.15. The molecule has 2 aromatic carbocycles. The maximum atomic E-state index is 12.3. The van der Waals surface area contributed by atoms with Gasteiger partial charge in [-0.25, -0.2) is 0 Å². The van der Waals surface area contributed by atoms with Crippen molar-refractivity contribution in [2.24, 2.45) is 0 Å². The summed E-state index contributed by atoms with van der Waals surface area (Å²) in [5.41, 5.74) is 7.53. The number of hydrogen-bond donors (Lipinski definition) is 2. The van der Waals surface area contributed by atoms with Crippen LogP contribution in [0.2, 0.25) is 10.0 Å². The molecule has 1 aliphatic rings. The van der Waals surface area contributed by atoms with Crippen LogP contribution in [-0.2, 0) is 16.1 Å². The molecule has 1 aliphatic heterocycles. The van der Waals surface area contributed by atoms with E-state index < -0.39 is 0 Å². The third kappa shape index (κ3) is 3.81. The molecule has 26 heavy (non-hydrogen) atoms. The lowest BCUT2D eigenvalue weighted by atomic mass is 10.1. The predicted molar refractivity (Wildman–Crippen MR) is 100 cm³/mol. The number of rotatable bonds is 4. The molecule has 3 amide bonds. The number of benzene rings is 2. The fourth-order valence-electron chi connectivity index (χ4n) is 2.60. The third-order valence-electron chi connectivity index (χ3n) is 4.05. The van der Waals surface area contributed by atoms with Crippen LogP contribution in [0.25, 0.3) is 0 Å². The minimum atomic E-state index is -0.346. The normalized spacial score (nSPS) is 14.0. The first-order valence-electron chi connectivity index (χ1n) is 7.83. The lowest BCUT2D eigenvalue weighted by Gasteiger charge is -2.14. The fraction of sp³-hybridized carbons (Fsp3) is 0.167.